The van der Waals surface area contributed by atoms with Gasteiger partial charge in [0.05, 0.1) is 11.6 Å². The van der Waals surface area contributed by atoms with Crippen LogP contribution in [-0.2, 0) is 14.9 Å². The summed E-state index contributed by atoms with van der Waals surface area (Å²) in [5, 5.41) is 0. The number of hydrogen-bond donors (Lipinski definition) is 0. The van der Waals surface area contributed by atoms with Crippen molar-refractivity contribution in [2.75, 3.05) is 0 Å². The molecule has 1 fully saturated rings. The molecule has 0 radical (unpaired) electrons. The molecule has 6 heteroatoms. The monoisotopic (exact) mass is 445 g/mol. The van der Waals surface area contributed by atoms with Crippen LogP contribution in [0.3, 0.4) is 0 Å². The van der Waals surface area contributed by atoms with Crippen molar-refractivity contribution in [3.8, 4) is 11.6 Å². The molecule has 4 rings (SSSR count). The predicted molar refractivity (Wildman–Crippen MR) is 126 cm³/mol. The molecule has 0 bridgehead atoms. The lowest BCUT2D eigenvalue weighted by Gasteiger charge is -2.30. The Labute approximate surface area is 195 Å². The van der Waals surface area contributed by atoms with Crippen LogP contribution in [0.1, 0.15) is 76.6 Å². The summed E-state index contributed by atoms with van der Waals surface area (Å²) in [4.78, 5) is 27.0. The number of pyridine rings is 1. The molecule has 0 spiro atoms. The first-order valence-corrected chi connectivity index (χ1v) is 11.4. The Morgan fingerprint density at radius 3 is 2.27 bits per heavy atom. The number of carbonyl (C=O) groups excluding carboxylic acids is 1. The summed E-state index contributed by atoms with van der Waals surface area (Å²) in [5.74, 6) is 1.18. The Hall–Kier alpha value is -3.28. The minimum absolute atomic E-state index is 0.0866. The molecule has 0 saturated heterocycles. The number of esters is 1. The summed E-state index contributed by atoms with van der Waals surface area (Å²) in [6.45, 7) is 10.0. The summed E-state index contributed by atoms with van der Waals surface area (Å²) in [6.07, 6.45) is 5.23. The van der Waals surface area contributed by atoms with E-state index in [-0.39, 0.29) is 16.8 Å². The number of rotatable bonds is 7. The van der Waals surface area contributed by atoms with Crippen LogP contribution >= 0.6 is 0 Å². The van der Waals surface area contributed by atoms with Crippen LogP contribution in [0.15, 0.2) is 60.9 Å². The Morgan fingerprint density at radius 2 is 1.67 bits per heavy atom. The van der Waals surface area contributed by atoms with E-state index in [1.807, 2.05) is 70.2 Å². The van der Waals surface area contributed by atoms with Crippen molar-refractivity contribution in [1.82, 2.24) is 15.0 Å². The number of carbonyl (C=O) groups is 1. The van der Waals surface area contributed by atoms with Gasteiger partial charge in [0.1, 0.15) is 17.7 Å². The van der Waals surface area contributed by atoms with Crippen LogP contribution in [0.25, 0.3) is 0 Å². The molecule has 1 aliphatic rings. The van der Waals surface area contributed by atoms with Crippen LogP contribution in [0.4, 0.5) is 0 Å². The molecule has 2 unspecified atom stereocenters. The molecular weight excluding hydrogens is 414 g/mol. The third-order valence-corrected chi connectivity index (χ3v) is 6.07. The topological polar surface area (TPSA) is 74.2 Å². The van der Waals surface area contributed by atoms with Crippen molar-refractivity contribution >= 4 is 5.97 Å². The third-order valence-electron chi connectivity index (χ3n) is 6.07. The van der Waals surface area contributed by atoms with Crippen LogP contribution in [0.5, 0.6) is 11.6 Å². The second-order valence-electron chi connectivity index (χ2n) is 10.1. The quantitative estimate of drug-likeness (QED) is 0.406. The fourth-order valence-corrected chi connectivity index (χ4v) is 3.83. The van der Waals surface area contributed by atoms with E-state index in [0.29, 0.717) is 17.3 Å². The SMILES string of the molecule is CC(OC(=O)C(c1cnc(C2(C)CC2)nc1)C(C)(C)C)c1cccc(Oc2ccccc2)n1. The molecule has 0 aliphatic heterocycles. The minimum Gasteiger partial charge on any atom is -0.456 e. The molecule has 6 nitrogen and oxygen atoms in total. The van der Waals surface area contributed by atoms with Gasteiger partial charge in [-0.3, -0.25) is 4.79 Å². The number of aromatic nitrogens is 3. The maximum Gasteiger partial charge on any atom is 0.314 e. The first kappa shape index (κ1) is 22.9. The fourth-order valence-electron chi connectivity index (χ4n) is 3.83. The lowest BCUT2D eigenvalue weighted by atomic mass is 9.77. The van der Waals surface area contributed by atoms with Crippen LogP contribution in [0.2, 0.25) is 0 Å². The summed E-state index contributed by atoms with van der Waals surface area (Å²) >= 11 is 0. The number of benzene rings is 1. The molecule has 0 N–H and O–H groups in total. The maximum absolute atomic E-state index is 13.3. The van der Waals surface area contributed by atoms with Gasteiger partial charge in [-0.2, -0.15) is 0 Å². The summed E-state index contributed by atoms with van der Waals surface area (Å²) in [7, 11) is 0. The van der Waals surface area contributed by atoms with E-state index in [2.05, 4.69) is 21.9 Å². The lowest BCUT2D eigenvalue weighted by molar-refractivity contribution is -0.153. The lowest BCUT2D eigenvalue weighted by Crippen LogP contribution is -2.29. The van der Waals surface area contributed by atoms with Gasteiger partial charge in [0.15, 0.2) is 0 Å². The number of ether oxygens (including phenoxy) is 2. The minimum atomic E-state index is -0.535. The molecule has 1 aromatic carbocycles. The third kappa shape index (κ3) is 5.38. The van der Waals surface area contributed by atoms with E-state index >= 15 is 0 Å². The zero-order valence-corrected chi connectivity index (χ0v) is 19.9. The molecule has 172 valence electrons. The first-order valence-electron chi connectivity index (χ1n) is 11.4. The summed E-state index contributed by atoms with van der Waals surface area (Å²) in [6, 6.07) is 14.9. The van der Waals surface area contributed by atoms with E-state index in [9.17, 15) is 4.79 Å². The number of hydrogen-bond acceptors (Lipinski definition) is 6. The smallest absolute Gasteiger partial charge is 0.314 e. The Kier molecular flexibility index (Phi) is 6.19. The van der Waals surface area contributed by atoms with Gasteiger partial charge in [0.25, 0.3) is 0 Å². The molecule has 2 aromatic heterocycles. The van der Waals surface area contributed by atoms with Crippen molar-refractivity contribution in [3.05, 3.63) is 78.0 Å². The largest absolute Gasteiger partial charge is 0.456 e. The molecule has 1 aliphatic carbocycles. The van der Waals surface area contributed by atoms with Gasteiger partial charge in [0, 0.05) is 29.4 Å². The van der Waals surface area contributed by atoms with E-state index in [1.165, 1.54) is 0 Å². The van der Waals surface area contributed by atoms with Gasteiger partial charge >= 0.3 is 5.97 Å². The first-order chi connectivity index (χ1) is 15.7. The zero-order chi connectivity index (χ0) is 23.6. The predicted octanol–water partition coefficient (Wildman–Crippen LogP) is 6.15. The molecule has 3 aromatic rings. The molecule has 2 atom stereocenters. The highest BCUT2D eigenvalue weighted by atomic mass is 16.5. The number of para-hydroxylation sites is 1. The summed E-state index contributed by atoms with van der Waals surface area (Å²) < 4.78 is 11.7. The Bertz CT molecular complexity index is 1100. The van der Waals surface area contributed by atoms with Gasteiger partial charge in [-0.25, -0.2) is 15.0 Å². The highest BCUT2D eigenvalue weighted by Gasteiger charge is 2.42. The van der Waals surface area contributed by atoms with E-state index < -0.39 is 12.0 Å². The van der Waals surface area contributed by atoms with Crippen molar-refractivity contribution in [1.29, 1.82) is 0 Å². The second-order valence-corrected chi connectivity index (χ2v) is 10.1. The van der Waals surface area contributed by atoms with Crippen molar-refractivity contribution in [2.45, 2.75) is 64.9 Å². The van der Waals surface area contributed by atoms with Crippen LogP contribution in [-0.4, -0.2) is 20.9 Å². The van der Waals surface area contributed by atoms with Gasteiger partial charge < -0.3 is 9.47 Å². The van der Waals surface area contributed by atoms with E-state index in [1.54, 1.807) is 18.5 Å². The molecule has 1 saturated carbocycles. The molecule has 2 heterocycles. The fraction of sp³-hybridized carbons (Fsp3) is 0.407. The average molecular weight is 446 g/mol. The molecular formula is C27H31N3O3. The van der Waals surface area contributed by atoms with Crippen LogP contribution in [0, 0.1) is 5.41 Å². The zero-order valence-electron chi connectivity index (χ0n) is 19.9. The van der Waals surface area contributed by atoms with Crippen molar-refractivity contribution < 1.29 is 14.3 Å². The Balaban J connectivity index is 1.49. The summed E-state index contributed by atoms with van der Waals surface area (Å²) in [5.41, 5.74) is 1.11. The van der Waals surface area contributed by atoms with E-state index in [4.69, 9.17) is 9.47 Å². The highest BCUT2D eigenvalue weighted by Crippen LogP contribution is 2.46. The van der Waals surface area contributed by atoms with E-state index in [0.717, 1.165) is 24.2 Å². The highest BCUT2D eigenvalue weighted by molar-refractivity contribution is 5.79. The van der Waals surface area contributed by atoms with Gasteiger partial charge in [-0.1, -0.05) is 52.0 Å². The normalized spacial score (nSPS) is 16.5. The standard InChI is InChI=1S/C27H31N3O3/c1-18(21-12-9-13-22(30-21)33-20-10-7-6-8-11-20)32-24(31)23(26(2,3)4)19-16-28-25(29-17-19)27(5)14-15-27/h6-13,16-18,23H,14-15H2,1-5H3. The van der Waals surface area contributed by atoms with Gasteiger partial charge in [-0.15, -0.1) is 0 Å². The van der Waals surface area contributed by atoms with Gasteiger partial charge in [0.2, 0.25) is 5.88 Å². The van der Waals surface area contributed by atoms with Crippen molar-refractivity contribution in [2.24, 2.45) is 5.41 Å². The van der Waals surface area contributed by atoms with Gasteiger partial charge in [-0.05, 0) is 43.4 Å². The Morgan fingerprint density at radius 1 is 1.00 bits per heavy atom. The van der Waals surface area contributed by atoms with Crippen LogP contribution < -0.4 is 4.74 Å². The second kappa shape index (κ2) is 8.93. The van der Waals surface area contributed by atoms with Crippen molar-refractivity contribution in [3.63, 3.8) is 0 Å². The molecule has 0 amide bonds. The maximum atomic E-state index is 13.3. The number of nitrogens with zero attached hydrogens (tertiary/aromatic N) is 3. The average Bonchev–Trinajstić information content (AvgIpc) is 3.53. The molecule has 33 heavy (non-hydrogen) atoms.